The highest BCUT2D eigenvalue weighted by atomic mass is 32.1. The number of fused-ring (bicyclic) bond motifs is 2. The first-order valence-electron chi connectivity index (χ1n) is 7.44. The number of anilines is 1. The number of hydrogen-bond acceptors (Lipinski definition) is 5. The molecule has 5 heteroatoms. The number of aldehydes is 1. The highest BCUT2D eigenvalue weighted by Gasteiger charge is 2.13. The van der Waals surface area contributed by atoms with Gasteiger partial charge < -0.3 is 10.2 Å². The number of nitrogens with zero attached hydrogens (tertiary/aromatic N) is 1. The van der Waals surface area contributed by atoms with E-state index in [0.717, 1.165) is 34.5 Å². The smallest absolute Gasteiger partial charge is 0.197 e. The Kier molecular flexibility index (Phi) is 4.41. The van der Waals surface area contributed by atoms with E-state index >= 15 is 0 Å². The standard InChI is InChI=1S/C18H18N2O2S/c1-20(2)10-9-19-14-8-7-12(11-21)18-16(14)17(22)13-5-3-4-6-15(13)23-18/h3-8,11,19H,9-10H2,1-2H3. The largest absolute Gasteiger partial charge is 0.383 e. The quantitative estimate of drug-likeness (QED) is 0.578. The number of hydrogen-bond donors (Lipinski definition) is 1. The Morgan fingerprint density at radius 3 is 2.70 bits per heavy atom. The average Bonchev–Trinajstić information content (AvgIpc) is 2.54. The SMILES string of the molecule is CN(C)CCNc1ccc(C=O)c2sc3ccccc3c(=O)c12. The van der Waals surface area contributed by atoms with Crippen LogP contribution in [-0.4, -0.2) is 38.4 Å². The third kappa shape index (κ3) is 2.98. The van der Waals surface area contributed by atoms with Crippen molar-refractivity contribution in [2.45, 2.75) is 0 Å². The molecule has 0 atom stereocenters. The number of benzene rings is 2. The maximum absolute atomic E-state index is 12.9. The fraction of sp³-hybridized carbons (Fsp3) is 0.222. The Hall–Kier alpha value is -2.24. The summed E-state index contributed by atoms with van der Waals surface area (Å²) in [4.78, 5) is 26.3. The van der Waals surface area contributed by atoms with Gasteiger partial charge in [-0.1, -0.05) is 12.1 Å². The van der Waals surface area contributed by atoms with Crippen LogP contribution in [0.15, 0.2) is 41.2 Å². The van der Waals surface area contributed by atoms with Crippen molar-refractivity contribution in [3.05, 3.63) is 52.2 Å². The molecule has 0 unspecified atom stereocenters. The second-order valence-corrected chi connectivity index (χ2v) is 6.73. The molecule has 2 aromatic carbocycles. The molecular weight excluding hydrogens is 308 g/mol. The minimum Gasteiger partial charge on any atom is -0.383 e. The summed E-state index contributed by atoms with van der Waals surface area (Å²) in [6, 6.07) is 11.1. The van der Waals surface area contributed by atoms with Gasteiger partial charge in [0.25, 0.3) is 0 Å². The van der Waals surface area contributed by atoms with E-state index in [1.165, 1.54) is 11.3 Å². The molecule has 0 aliphatic rings. The Balaban J connectivity index is 2.23. The molecule has 0 aliphatic heterocycles. The van der Waals surface area contributed by atoms with Gasteiger partial charge in [-0.3, -0.25) is 9.59 Å². The zero-order valence-electron chi connectivity index (χ0n) is 13.1. The molecule has 1 heterocycles. The van der Waals surface area contributed by atoms with Gasteiger partial charge in [0.2, 0.25) is 0 Å². The summed E-state index contributed by atoms with van der Waals surface area (Å²) in [7, 11) is 4.01. The molecule has 0 aliphatic carbocycles. The zero-order chi connectivity index (χ0) is 16.4. The van der Waals surface area contributed by atoms with Gasteiger partial charge in [0, 0.05) is 34.4 Å². The molecule has 0 spiro atoms. The van der Waals surface area contributed by atoms with E-state index in [1.54, 1.807) is 6.07 Å². The van der Waals surface area contributed by atoms with E-state index in [4.69, 9.17) is 0 Å². The number of nitrogens with one attached hydrogen (secondary N) is 1. The summed E-state index contributed by atoms with van der Waals surface area (Å²) in [6.07, 6.45) is 0.816. The molecule has 4 nitrogen and oxygen atoms in total. The Morgan fingerprint density at radius 2 is 1.96 bits per heavy atom. The van der Waals surface area contributed by atoms with Crippen LogP contribution in [0, 0.1) is 0 Å². The molecule has 118 valence electrons. The molecule has 0 bridgehead atoms. The molecule has 3 aromatic rings. The molecule has 1 N–H and O–H groups in total. The number of likely N-dealkylation sites (N-methyl/N-ethyl adjacent to an activating group) is 1. The number of rotatable bonds is 5. The van der Waals surface area contributed by atoms with Crippen molar-refractivity contribution < 1.29 is 4.79 Å². The summed E-state index contributed by atoms with van der Waals surface area (Å²) in [5.41, 5.74) is 1.33. The zero-order valence-corrected chi connectivity index (χ0v) is 13.9. The number of carbonyl (C=O) groups is 1. The highest BCUT2D eigenvalue weighted by molar-refractivity contribution is 7.25. The second kappa shape index (κ2) is 6.48. The predicted octanol–water partition coefficient (Wildman–Crippen LogP) is 3.20. The topological polar surface area (TPSA) is 49.4 Å². The minimum absolute atomic E-state index is 0.0228. The molecule has 0 amide bonds. The molecule has 0 saturated carbocycles. The van der Waals surface area contributed by atoms with Crippen LogP contribution in [0.5, 0.6) is 0 Å². The highest BCUT2D eigenvalue weighted by Crippen LogP contribution is 2.31. The van der Waals surface area contributed by atoms with Gasteiger partial charge >= 0.3 is 0 Å². The predicted molar refractivity (Wildman–Crippen MR) is 98.0 cm³/mol. The van der Waals surface area contributed by atoms with Crippen molar-refractivity contribution in [2.24, 2.45) is 0 Å². The van der Waals surface area contributed by atoms with Crippen LogP contribution in [0.4, 0.5) is 5.69 Å². The first-order valence-corrected chi connectivity index (χ1v) is 8.26. The Labute approximate surface area is 138 Å². The van der Waals surface area contributed by atoms with Crippen molar-refractivity contribution in [1.29, 1.82) is 0 Å². The van der Waals surface area contributed by atoms with Crippen molar-refractivity contribution >= 4 is 43.5 Å². The summed E-state index contributed by atoms with van der Waals surface area (Å²) in [5, 5.41) is 4.63. The van der Waals surface area contributed by atoms with Gasteiger partial charge in [0.05, 0.1) is 10.1 Å². The van der Waals surface area contributed by atoms with Gasteiger partial charge in [0.1, 0.15) is 0 Å². The fourth-order valence-electron chi connectivity index (χ4n) is 2.58. The molecule has 1 aromatic heterocycles. The van der Waals surface area contributed by atoms with Crippen molar-refractivity contribution in [3.8, 4) is 0 Å². The normalized spacial score (nSPS) is 11.3. The van der Waals surface area contributed by atoms with Gasteiger partial charge in [-0.25, -0.2) is 0 Å². The third-order valence-electron chi connectivity index (χ3n) is 3.76. The van der Waals surface area contributed by atoms with Crippen molar-refractivity contribution in [1.82, 2.24) is 4.90 Å². The average molecular weight is 326 g/mol. The van der Waals surface area contributed by atoms with E-state index in [-0.39, 0.29) is 5.43 Å². The van der Waals surface area contributed by atoms with E-state index in [2.05, 4.69) is 10.2 Å². The first kappa shape index (κ1) is 15.6. The summed E-state index contributed by atoms with van der Waals surface area (Å²) < 4.78 is 1.65. The minimum atomic E-state index is -0.0228. The molecule has 0 fully saturated rings. The lowest BCUT2D eigenvalue weighted by Gasteiger charge is -2.14. The van der Waals surface area contributed by atoms with Crippen LogP contribution in [0.3, 0.4) is 0 Å². The Bertz CT molecular complexity index is 931. The molecule has 3 rings (SSSR count). The van der Waals surface area contributed by atoms with Gasteiger partial charge in [-0.2, -0.15) is 0 Å². The molecular formula is C18H18N2O2S. The molecule has 0 saturated heterocycles. The van der Waals surface area contributed by atoms with Gasteiger partial charge in [-0.05, 0) is 38.4 Å². The van der Waals surface area contributed by atoms with Crippen molar-refractivity contribution in [2.75, 3.05) is 32.5 Å². The molecule has 23 heavy (non-hydrogen) atoms. The lowest BCUT2D eigenvalue weighted by molar-refractivity contribution is 0.112. The summed E-state index contributed by atoms with van der Waals surface area (Å²) in [6.45, 7) is 1.60. The van der Waals surface area contributed by atoms with Crippen molar-refractivity contribution in [3.63, 3.8) is 0 Å². The maximum atomic E-state index is 12.9. The van der Waals surface area contributed by atoms with E-state index < -0.39 is 0 Å². The monoisotopic (exact) mass is 326 g/mol. The Morgan fingerprint density at radius 1 is 1.17 bits per heavy atom. The second-order valence-electron chi connectivity index (χ2n) is 5.68. The molecule has 0 radical (unpaired) electrons. The summed E-state index contributed by atoms with van der Waals surface area (Å²) >= 11 is 1.49. The summed E-state index contributed by atoms with van der Waals surface area (Å²) in [5.74, 6) is 0. The van der Waals surface area contributed by atoms with Gasteiger partial charge in [-0.15, -0.1) is 11.3 Å². The van der Waals surface area contributed by atoms with Crippen LogP contribution in [-0.2, 0) is 0 Å². The van der Waals surface area contributed by atoms with Crippen LogP contribution in [0.2, 0.25) is 0 Å². The van der Waals surface area contributed by atoms with Crippen LogP contribution in [0.25, 0.3) is 20.2 Å². The van der Waals surface area contributed by atoms with Crippen LogP contribution in [0.1, 0.15) is 10.4 Å². The first-order chi connectivity index (χ1) is 11.1. The fourth-order valence-corrected chi connectivity index (χ4v) is 3.75. The third-order valence-corrected chi connectivity index (χ3v) is 4.98. The van der Waals surface area contributed by atoms with E-state index in [0.29, 0.717) is 16.3 Å². The maximum Gasteiger partial charge on any atom is 0.197 e. The van der Waals surface area contributed by atoms with Crippen LogP contribution < -0.4 is 10.7 Å². The van der Waals surface area contributed by atoms with E-state index in [1.807, 2.05) is 44.4 Å². The van der Waals surface area contributed by atoms with Gasteiger partial charge in [0.15, 0.2) is 11.7 Å². The lowest BCUT2D eigenvalue weighted by atomic mass is 10.1. The lowest BCUT2D eigenvalue weighted by Crippen LogP contribution is -2.21. The van der Waals surface area contributed by atoms with E-state index in [9.17, 15) is 9.59 Å². The van der Waals surface area contributed by atoms with Crippen LogP contribution >= 0.6 is 11.3 Å². The number of carbonyl (C=O) groups excluding carboxylic acids is 1.